The maximum Gasteiger partial charge on any atom is 0.188 e. The van der Waals surface area contributed by atoms with Crippen molar-refractivity contribution in [3.63, 3.8) is 0 Å². The van der Waals surface area contributed by atoms with E-state index in [4.69, 9.17) is 16.3 Å². The minimum atomic E-state index is 0.159. The second kappa shape index (κ2) is 5.76. The van der Waals surface area contributed by atoms with Gasteiger partial charge >= 0.3 is 0 Å². The average molecular weight is 294 g/mol. The van der Waals surface area contributed by atoms with Crippen LogP contribution in [0.1, 0.15) is 12.2 Å². The van der Waals surface area contributed by atoms with Gasteiger partial charge in [-0.2, -0.15) is 4.80 Å². The van der Waals surface area contributed by atoms with Crippen molar-refractivity contribution in [3.8, 4) is 5.75 Å². The molecule has 1 fully saturated rings. The summed E-state index contributed by atoms with van der Waals surface area (Å²) in [6.45, 7) is 2.52. The number of rotatable bonds is 4. The molecule has 2 heterocycles. The van der Waals surface area contributed by atoms with Gasteiger partial charge in [-0.25, -0.2) is 0 Å². The Morgan fingerprint density at radius 3 is 3.00 bits per heavy atom. The van der Waals surface area contributed by atoms with Gasteiger partial charge in [0.1, 0.15) is 11.9 Å². The van der Waals surface area contributed by atoms with Gasteiger partial charge in [-0.1, -0.05) is 23.7 Å². The first-order valence-corrected chi connectivity index (χ1v) is 6.95. The first kappa shape index (κ1) is 13.3. The Labute approximate surface area is 122 Å². The third-order valence-electron chi connectivity index (χ3n) is 3.27. The third kappa shape index (κ3) is 3.08. The highest BCUT2D eigenvalue weighted by molar-refractivity contribution is 6.32. The molecule has 3 rings (SSSR count). The van der Waals surface area contributed by atoms with Gasteiger partial charge in [0.05, 0.1) is 18.6 Å². The first-order valence-electron chi connectivity index (χ1n) is 6.57. The van der Waals surface area contributed by atoms with Gasteiger partial charge in [0, 0.05) is 13.1 Å². The van der Waals surface area contributed by atoms with Crippen LogP contribution in [0.5, 0.6) is 5.75 Å². The molecule has 7 heteroatoms. The number of benzene rings is 1. The molecule has 0 aliphatic carbocycles. The summed E-state index contributed by atoms with van der Waals surface area (Å²) < 4.78 is 5.94. The van der Waals surface area contributed by atoms with Gasteiger partial charge in [0.2, 0.25) is 0 Å². The molecule has 2 aromatic rings. The molecular weight excluding hydrogens is 278 g/mol. The van der Waals surface area contributed by atoms with Gasteiger partial charge in [0.15, 0.2) is 5.82 Å². The largest absolute Gasteiger partial charge is 0.487 e. The fourth-order valence-corrected chi connectivity index (χ4v) is 2.52. The van der Waals surface area contributed by atoms with E-state index < -0.39 is 0 Å². The fraction of sp³-hybridized carbons (Fsp3) is 0.462. The molecule has 6 nitrogen and oxygen atoms in total. The summed E-state index contributed by atoms with van der Waals surface area (Å²) in [6, 6.07) is 7.57. The molecule has 1 atom stereocenters. The second-order valence-corrected chi connectivity index (χ2v) is 5.30. The van der Waals surface area contributed by atoms with Crippen LogP contribution in [-0.2, 0) is 13.6 Å². The summed E-state index contributed by atoms with van der Waals surface area (Å²) in [4.78, 5) is 3.74. The van der Waals surface area contributed by atoms with E-state index in [0.29, 0.717) is 11.6 Å². The van der Waals surface area contributed by atoms with E-state index in [1.165, 1.54) is 4.80 Å². The zero-order valence-corrected chi connectivity index (χ0v) is 12.0. The van der Waals surface area contributed by atoms with E-state index in [9.17, 15) is 0 Å². The minimum Gasteiger partial charge on any atom is -0.487 e. The molecule has 1 saturated heterocycles. The van der Waals surface area contributed by atoms with Crippen LogP contribution < -0.4 is 4.74 Å². The van der Waals surface area contributed by atoms with Crippen LogP contribution >= 0.6 is 11.6 Å². The Hall–Kier alpha value is -1.66. The van der Waals surface area contributed by atoms with Crippen molar-refractivity contribution in [1.29, 1.82) is 0 Å². The Bertz CT molecular complexity index is 588. The molecule has 1 unspecified atom stereocenters. The van der Waals surface area contributed by atoms with Crippen molar-refractivity contribution in [2.75, 3.05) is 13.1 Å². The van der Waals surface area contributed by atoms with Gasteiger partial charge in [-0.3, -0.25) is 4.90 Å². The molecule has 0 radical (unpaired) electrons. The van der Waals surface area contributed by atoms with Crippen molar-refractivity contribution in [2.45, 2.75) is 19.1 Å². The third-order valence-corrected chi connectivity index (χ3v) is 3.59. The standard InChI is InChI=1S/C13H16ClN5O/c1-18-16-13(15-17-18)9-19-7-6-10(8-19)20-12-5-3-2-4-11(12)14/h2-5,10H,6-9H2,1H3. The van der Waals surface area contributed by atoms with E-state index >= 15 is 0 Å². The van der Waals surface area contributed by atoms with Crippen molar-refractivity contribution in [3.05, 3.63) is 35.1 Å². The van der Waals surface area contributed by atoms with E-state index in [0.717, 1.165) is 31.1 Å². The van der Waals surface area contributed by atoms with Crippen LogP contribution in [0.25, 0.3) is 0 Å². The monoisotopic (exact) mass is 293 g/mol. The number of hydrogen-bond donors (Lipinski definition) is 0. The Morgan fingerprint density at radius 1 is 1.40 bits per heavy atom. The fourth-order valence-electron chi connectivity index (χ4n) is 2.34. The summed E-state index contributed by atoms with van der Waals surface area (Å²) >= 11 is 6.10. The van der Waals surface area contributed by atoms with E-state index in [-0.39, 0.29) is 6.10 Å². The molecule has 1 aromatic heterocycles. The highest BCUT2D eigenvalue weighted by Gasteiger charge is 2.25. The molecule has 20 heavy (non-hydrogen) atoms. The summed E-state index contributed by atoms with van der Waals surface area (Å²) in [7, 11) is 1.77. The number of aromatic nitrogens is 4. The number of hydrogen-bond acceptors (Lipinski definition) is 5. The minimum absolute atomic E-state index is 0.159. The molecular formula is C13H16ClN5O. The smallest absolute Gasteiger partial charge is 0.188 e. The molecule has 0 N–H and O–H groups in total. The van der Waals surface area contributed by atoms with Gasteiger partial charge in [-0.15, -0.1) is 10.2 Å². The maximum atomic E-state index is 6.10. The molecule has 106 valence electrons. The lowest BCUT2D eigenvalue weighted by Crippen LogP contribution is -2.25. The predicted molar refractivity (Wildman–Crippen MR) is 74.6 cm³/mol. The highest BCUT2D eigenvalue weighted by Crippen LogP contribution is 2.26. The van der Waals surface area contributed by atoms with Crippen molar-refractivity contribution < 1.29 is 4.74 Å². The average Bonchev–Trinajstić information content (AvgIpc) is 3.02. The number of halogens is 1. The molecule has 0 spiro atoms. The number of ether oxygens (including phenoxy) is 1. The first-order chi connectivity index (χ1) is 9.70. The summed E-state index contributed by atoms with van der Waals surface area (Å²) in [5, 5.41) is 12.7. The molecule has 0 saturated carbocycles. The lowest BCUT2D eigenvalue weighted by atomic mass is 10.3. The number of tetrazole rings is 1. The van der Waals surface area contributed by atoms with Crippen molar-refractivity contribution >= 4 is 11.6 Å². The van der Waals surface area contributed by atoms with Crippen LogP contribution in [-0.4, -0.2) is 44.3 Å². The molecule has 1 aliphatic rings. The van der Waals surface area contributed by atoms with Crippen molar-refractivity contribution in [1.82, 2.24) is 25.1 Å². The number of aryl methyl sites for hydroxylation is 1. The SMILES string of the molecule is Cn1nnc(CN2CCC(Oc3ccccc3Cl)C2)n1. The lowest BCUT2D eigenvalue weighted by molar-refractivity contribution is 0.197. The zero-order chi connectivity index (χ0) is 13.9. The maximum absolute atomic E-state index is 6.10. The molecule has 0 bridgehead atoms. The zero-order valence-electron chi connectivity index (χ0n) is 11.2. The summed E-state index contributed by atoms with van der Waals surface area (Å²) in [6.07, 6.45) is 1.14. The summed E-state index contributed by atoms with van der Waals surface area (Å²) in [5.74, 6) is 1.49. The lowest BCUT2D eigenvalue weighted by Gasteiger charge is -2.16. The molecule has 1 aliphatic heterocycles. The number of likely N-dealkylation sites (tertiary alicyclic amines) is 1. The van der Waals surface area contributed by atoms with Crippen LogP contribution in [0.3, 0.4) is 0 Å². The Balaban J connectivity index is 1.56. The summed E-state index contributed by atoms with van der Waals surface area (Å²) in [5.41, 5.74) is 0. The Kier molecular flexibility index (Phi) is 3.84. The van der Waals surface area contributed by atoms with Gasteiger partial charge in [0.25, 0.3) is 0 Å². The highest BCUT2D eigenvalue weighted by atomic mass is 35.5. The van der Waals surface area contributed by atoms with Crippen LogP contribution in [0.15, 0.2) is 24.3 Å². The van der Waals surface area contributed by atoms with Crippen molar-refractivity contribution in [2.24, 2.45) is 7.05 Å². The van der Waals surface area contributed by atoms with Crippen LogP contribution in [0.2, 0.25) is 5.02 Å². The van der Waals surface area contributed by atoms with Crippen LogP contribution in [0.4, 0.5) is 0 Å². The Morgan fingerprint density at radius 2 is 2.25 bits per heavy atom. The van der Waals surface area contributed by atoms with E-state index in [2.05, 4.69) is 20.3 Å². The normalized spacial score (nSPS) is 19.4. The number of para-hydroxylation sites is 1. The van der Waals surface area contributed by atoms with E-state index in [1.54, 1.807) is 7.05 Å². The predicted octanol–water partition coefficient (Wildman–Crippen LogP) is 1.52. The van der Waals surface area contributed by atoms with E-state index in [1.807, 2.05) is 24.3 Å². The van der Waals surface area contributed by atoms with Gasteiger partial charge < -0.3 is 4.74 Å². The molecule has 1 aromatic carbocycles. The quantitative estimate of drug-likeness (QED) is 0.855. The topological polar surface area (TPSA) is 56.1 Å². The molecule has 0 amide bonds. The van der Waals surface area contributed by atoms with Crippen LogP contribution in [0, 0.1) is 0 Å². The van der Waals surface area contributed by atoms with Gasteiger partial charge in [-0.05, 0) is 23.8 Å². The number of nitrogens with zero attached hydrogens (tertiary/aromatic N) is 5. The second-order valence-electron chi connectivity index (χ2n) is 4.89.